The van der Waals surface area contributed by atoms with Crippen LogP contribution >= 0.6 is 11.8 Å². The minimum Gasteiger partial charge on any atom is -0.353 e. The lowest BCUT2D eigenvalue weighted by Gasteiger charge is -2.42. The summed E-state index contributed by atoms with van der Waals surface area (Å²) < 4.78 is 38.6. The van der Waals surface area contributed by atoms with Gasteiger partial charge in [-0.15, -0.1) is 11.8 Å². The molecule has 2 atom stereocenters. The third-order valence-corrected chi connectivity index (χ3v) is 4.54. The molecule has 7 heteroatoms. The van der Waals surface area contributed by atoms with E-state index in [0.717, 1.165) is 25.0 Å². The molecule has 0 aliphatic carbocycles. The molecule has 0 aromatic heterocycles. The van der Waals surface area contributed by atoms with Gasteiger partial charge in [0.15, 0.2) is 0 Å². The highest BCUT2D eigenvalue weighted by molar-refractivity contribution is 7.99. The number of nitrogens with zero attached hydrogens (tertiary/aromatic N) is 1. The molecule has 1 N–H and O–H groups in total. The number of amides is 1. The molecular weight excluding hydrogens is 253 g/mol. The van der Waals surface area contributed by atoms with E-state index in [9.17, 15) is 18.0 Å². The molecule has 2 aliphatic heterocycles. The largest absolute Gasteiger partial charge is 0.405 e. The Bertz CT molecular complexity index is 292. The molecule has 0 saturated carbocycles. The van der Waals surface area contributed by atoms with E-state index in [-0.39, 0.29) is 24.4 Å². The monoisotopic (exact) mass is 268 g/mol. The van der Waals surface area contributed by atoms with Gasteiger partial charge in [-0.2, -0.15) is 13.2 Å². The maximum atomic E-state index is 12.9. The van der Waals surface area contributed by atoms with Crippen molar-refractivity contribution in [1.29, 1.82) is 0 Å². The van der Waals surface area contributed by atoms with Crippen molar-refractivity contribution in [3.05, 3.63) is 0 Å². The minimum atomic E-state index is -4.27. The average Bonchev–Trinajstić information content (AvgIpc) is 2.28. The van der Waals surface area contributed by atoms with Crippen LogP contribution in [0.4, 0.5) is 13.2 Å². The van der Waals surface area contributed by atoms with Crippen LogP contribution in [0.3, 0.4) is 0 Å². The number of halogens is 3. The number of carbonyl (C=O) groups is 1. The second kappa shape index (κ2) is 5.06. The lowest BCUT2D eigenvalue weighted by Crippen LogP contribution is -2.62. The van der Waals surface area contributed by atoms with Gasteiger partial charge in [0.05, 0.1) is 11.9 Å². The lowest BCUT2D eigenvalue weighted by molar-refractivity contribution is -0.190. The molecule has 3 nitrogen and oxygen atoms in total. The summed E-state index contributed by atoms with van der Waals surface area (Å²) in [5.74, 6) is 0.574. The van der Waals surface area contributed by atoms with Crippen LogP contribution < -0.4 is 5.32 Å². The molecule has 1 amide bonds. The Morgan fingerprint density at radius 1 is 1.35 bits per heavy atom. The van der Waals surface area contributed by atoms with Gasteiger partial charge in [-0.1, -0.05) is 6.42 Å². The first-order valence-electron chi connectivity index (χ1n) is 5.69. The van der Waals surface area contributed by atoms with Crippen molar-refractivity contribution in [2.24, 2.45) is 0 Å². The highest BCUT2D eigenvalue weighted by atomic mass is 32.2. The van der Waals surface area contributed by atoms with E-state index in [1.54, 1.807) is 0 Å². The fourth-order valence-corrected chi connectivity index (χ4v) is 3.64. The maximum absolute atomic E-state index is 12.9. The Morgan fingerprint density at radius 3 is 2.71 bits per heavy atom. The highest BCUT2D eigenvalue weighted by Gasteiger charge is 2.48. The van der Waals surface area contributed by atoms with Crippen molar-refractivity contribution >= 4 is 17.7 Å². The van der Waals surface area contributed by atoms with Gasteiger partial charge >= 0.3 is 6.18 Å². The summed E-state index contributed by atoms with van der Waals surface area (Å²) in [4.78, 5) is 12.6. The SMILES string of the molecule is O=C1CN(C2CCCCS2)C(C(F)(F)F)CN1. The molecule has 0 spiro atoms. The molecule has 2 aliphatic rings. The topological polar surface area (TPSA) is 32.3 Å². The maximum Gasteiger partial charge on any atom is 0.405 e. The molecule has 0 aromatic rings. The van der Waals surface area contributed by atoms with Crippen LogP contribution in [0, 0.1) is 0 Å². The molecule has 0 radical (unpaired) electrons. The normalized spacial score (nSPS) is 32.3. The van der Waals surface area contributed by atoms with Gasteiger partial charge in [0.1, 0.15) is 6.04 Å². The highest BCUT2D eigenvalue weighted by Crippen LogP contribution is 2.34. The Balaban J connectivity index is 2.10. The van der Waals surface area contributed by atoms with Gasteiger partial charge in [-0.3, -0.25) is 9.69 Å². The van der Waals surface area contributed by atoms with Crippen LogP contribution in [-0.2, 0) is 4.79 Å². The minimum absolute atomic E-state index is 0.137. The first kappa shape index (κ1) is 13.0. The zero-order valence-electron chi connectivity index (χ0n) is 9.29. The van der Waals surface area contributed by atoms with Crippen molar-refractivity contribution in [3.63, 3.8) is 0 Å². The Morgan fingerprint density at radius 2 is 2.12 bits per heavy atom. The number of alkyl halides is 3. The summed E-state index contributed by atoms with van der Waals surface area (Å²) in [5.41, 5.74) is 0. The standard InChI is InChI=1S/C10H15F3N2OS/c11-10(12,13)7-5-14-8(16)6-15(7)9-3-1-2-4-17-9/h7,9H,1-6H2,(H,14,16). The number of hydrogen-bond donors (Lipinski definition) is 1. The predicted molar refractivity (Wildman–Crippen MR) is 59.7 cm³/mol. The van der Waals surface area contributed by atoms with Crippen LogP contribution in [0.5, 0.6) is 0 Å². The molecule has 0 bridgehead atoms. The molecule has 2 unspecified atom stereocenters. The first-order chi connectivity index (χ1) is 7.98. The third kappa shape index (κ3) is 3.07. The Hall–Kier alpha value is -0.430. The van der Waals surface area contributed by atoms with Crippen molar-refractivity contribution in [2.75, 3.05) is 18.8 Å². The first-order valence-corrected chi connectivity index (χ1v) is 6.74. The van der Waals surface area contributed by atoms with E-state index >= 15 is 0 Å². The van der Waals surface area contributed by atoms with Gasteiger partial charge in [0, 0.05) is 6.54 Å². The van der Waals surface area contributed by atoms with Crippen LogP contribution in [0.2, 0.25) is 0 Å². The van der Waals surface area contributed by atoms with E-state index in [2.05, 4.69) is 5.32 Å². The average molecular weight is 268 g/mol. The van der Waals surface area contributed by atoms with Gasteiger partial charge in [0.25, 0.3) is 0 Å². The van der Waals surface area contributed by atoms with Gasteiger partial charge in [-0.25, -0.2) is 0 Å². The summed E-state index contributed by atoms with van der Waals surface area (Å²) in [5, 5.41) is 2.13. The molecule has 98 valence electrons. The summed E-state index contributed by atoms with van der Waals surface area (Å²) in [6.45, 7) is -0.457. The molecule has 2 heterocycles. The number of thioether (sulfide) groups is 1. The van der Waals surface area contributed by atoms with Gasteiger partial charge in [-0.05, 0) is 18.6 Å². The zero-order valence-corrected chi connectivity index (χ0v) is 10.1. The van der Waals surface area contributed by atoms with E-state index in [0.29, 0.717) is 0 Å². The van der Waals surface area contributed by atoms with Crippen LogP contribution in [0.1, 0.15) is 19.3 Å². The summed E-state index contributed by atoms with van der Waals surface area (Å²) in [7, 11) is 0. The van der Waals surface area contributed by atoms with E-state index in [4.69, 9.17) is 0 Å². The van der Waals surface area contributed by atoms with Crippen LogP contribution in [0.15, 0.2) is 0 Å². The molecule has 17 heavy (non-hydrogen) atoms. The Labute approximate surface area is 102 Å². The van der Waals surface area contributed by atoms with E-state index in [1.165, 1.54) is 16.7 Å². The number of carbonyl (C=O) groups excluding carboxylic acids is 1. The van der Waals surface area contributed by atoms with Crippen LogP contribution in [-0.4, -0.2) is 47.2 Å². The Kier molecular flexibility index (Phi) is 3.87. The van der Waals surface area contributed by atoms with Crippen LogP contribution in [0.25, 0.3) is 0 Å². The second-order valence-electron chi connectivity index (χ2n) is 4.36. The smallest absolute Gasteiger partial charge is 0.353 e. The molecular formula is C10H15F3N2OS. The molecule has 2 rings (SSSR count). The number of rotatable bonds is 1. The quantitative estimate of drug-likeness (QED) is 0.784. The third-order valence-electron chi connectivity index (χ3n) is 3.12. The van der Waals surface area contributed by atoms with E-state index in [1.807, 2.05) is 0 Å². The van der Waals surface area contributed by atoms with Crippen molar-refractivity contribution in [3.8, 4) is 0 Å². The van der Waals surface area contributed by atoms with Crippen molar-refractivity contribution < 1.29 is 18.0 Å². The van der Waals surface area contributed by atoms with Crippen molar-refractivity contribution in [1.82, 2.24) is 10.2 Å². The summed E-state index contributed by atoms with van der Waals surface area (Å²) in [6.07, 6.45) is -1.53. The number of hydrogen-bond acceptors (Lipinski definition) is 3. The lowest BCUT2D eigenvalue weighted by atomic mass is 10.1. The summed E-state index contributed by atoms with van der Waals surface area (Å²) >= 11 is 1.54. The molecule has 2 saturated heterocycles. The second-order valence-corrected chi connectivity index (χ2v) is 5.64. The zero-order chi connectivity index (χ0) is 12.5. The van der Waals surface area contributed by atoms with E-state index < -0.39 is 12.2 Å². The van der Waals surface area contributed by atoms with Crippen molar-refractivity contribution in [2.45, 2.75) is 36.9 Å². The van der Waals surface area contributed by atoms with Gasteiger partial charge in [0.2, 0.25) is 5.91 Å². The fraction of sp³-hybridized carbons (Fsp3) is 0.900. The van der Waals surface area contributed by atoms with Gasteiger partial charge < -0.3 is 5.32 Å². The number of piperazine rings is 1. The molecule has 2 fully saturated rings. The predicted octanol–water partition coefficient (Wildman–Crippen LogP) is 1.59. The summed E-state index contributed by atoms with van der Waals surface area (Å²) in [6, 6.07) is -1.53. The number of nitrogens with one attached hydrogen (secondary N) is 1. The molecule has 0 aromatic carbocycles. The fourth-order valence-electron chi connectivity index (χ4n) is 2.25.